The lowest BCUT2D eigenvalue weighted by molar-refractivity contribution is -0.605. The van der Waals surface area contributed by atoms with Gasteiger partial charge in [-0.3, -0.25) is 9.59 Å². The van der Waals surface area contributed by atoms with E-state index in [0.29, 0.717) is 21.3 Å². The van der Waals surface area contributed by atoms with Crippen molar-refractivity contribution in [3.63, 3.8) is 0 Å². The van der Waals surface area contributed by atoms with Crippen molar-refractivity contribution in [1.29, 1.82) is 0 Å². The third-order valence-electron chi connectivity index (χ3n) is 4.58. The van der Waals surface area contributed by atoms with Crippen LogP contribution in [0.2, 0.25) is 10.0 Å². The highest BCUT2D eigenvalue weighted by molar-refractivity contribution is 6.50. The Bertz CT molecular complexity index is 1320. The lowest BCUT2D eigenvalue weighted by atomic mass is 10.1. The van der Waals surface area contributed by atoms with E-state index < -0.39 is 17.5 Å². The Hall–Kier alpha value is -3.49. The summed E-state index contributed by atoms with van der Waals surface area (Å²) in [5.74, 6) is -2.26. The molecule has 1 N–H and O–H groups in total. The maximum atomic E-state index is 14.1. The molecular weight excluding hydrogens is 446 g/mol. The molecule has 7 nitrogen and oxygen atoms in total. The van der Waals surface area contributed by atoms with Crippen molar-refractivity contribution in [2.45, 2.75) is 6.54 Å². The molecule has 0 saturated carbocycles. The predicted molar refractivity (Wildman–Crippen MR) is 114 cm³/mol. The van der Waals surface area contributed by atoms with Gasteiger partial charge in [-0.15, -0.1) is 0 Å². The molecule has 3 aromatic heterocycles. The Labute approximate surface area is 185 Å². The maximum absolute atomic E-state index is 14.1. The minimum Gasteiger partial charge on any atom is -0.619 e. The lowest BCUT2D eigenvalue weighted by Crippen LogP contribution is -2.27. The van der Waals surface area contributed by atoms with E-state index in [1.807, 2.05) is 0 Å². The van der Waals surface area contributed by atoms with Gasteiger partial charge in [0.15, 0.2) is 0 Å². The quantitative estimate of drug-likeness (QED) is 0.212. The Morgan fingerprint density at radius 2 is 1.84 bits per heavy atom. The van der Waals surface area contributed by atoms with E-state index in [1.165, 1.54) is 18.5 Å². The monoisotopic (exact) mass is 458 g/mol. The van der Waals surface area contributed by atoms with E-state index >= 15 is 0 Å². The van der Waals surface area contributed by atoms with Gasteiger partial charge >= 0.3 is 0 Å². The smallest absolute Gasteiger partial charge is 0.296 e. The number of carbonyl (C=O) groups is 2. The number of hydrogen-bond acceptors (Lipinski definition) is 4. The van der Waals surface area contributed by atoms with Gasteiger partial charge in [0.1, 0.15) is 21.5 Å². The van der Waals surface area contributed by atoms with Crippen molar-refractivity contribution in [2.75, 3.05) is 5.32 Å². The Balaban J connectivity index is 1.69. The average Bonchev–Trinajstić information content (AvgIpc) is 3.10. The largest absolute Gasteiger partial charge is 0.619 e. The van der Waals surface area contributed by atoms with Crippen LogP contribution < -0.4 is 10.0 Å². The molecule has 0 aliphatic rings. The molecule has 156 valence electrons. The first kappa shape index (κ1) is 20.8. The van der Waals surface area contributed by atoms with E-state index in [2.05, 4.69) is 10.3 Å². The van der Waals surface area contributed by atoms with Crippen molar-refractivity contribution < 1.29 is 18.7 Å². The molecule has 1 aromatic carbocycles. The van der Waals surface area contributed by atoms with Gasteiger partial charge in [-0.25, -0.2) is 9.37 Å². The number of benzene rings is 1. The number of hydrogen-bond donors (Lipinski definition) is 1. The second-order valence-corrected chi connectivity index (χ2v) is 7.42. The van der Waals surface area contributed by atoms with Gasteiger partial charge in [0.05, 0.1) is 17.8 Å². The van der Waals surface area contributed by atoms with Gasteiger partial charge in [-0.1, -0.05) is 41.4 Å². The molecule has 31 heavy (non-hydrogen) atoms. The van der Waals surface area contributed by atoms with Crippen molar-refractivity contribution in [3.05, 3.63) is 93.4 Å². The number of ketones is 1. The van der Waals surface area contributed by atoms with E-state index in [0.717, 1.165) is 12.4 Å². The van der Waals surface area contributed by atoms with Gasteiger partial charge in [-0.05, 0) is 18.2 Å². The molecule has 0 radical (unpaired) electrons. The number of pyridine rings is 2. The van der Waals surface area contributed by atoms with Crippen LogP contribution >= 0.6 is 23.2 Å². The molecule has 0 aliphatic carbocycles. The predicted octanol–water partition coefficient (Wildman–Crippen LogP) is 3.99. The van der Waals surface area contributed by atoms with Crippen molar-refractivity contribution in [3.8, 4) is 0 Å². The van der Waals surface area contributed by atoms with Crippen LogP contribution in [0.4, 0.5) is 10.1 Å². The second kappa shape index (κ2) is 8.33. The average molecular weight is 459 g/mol. The van der Waals surface area contributed by atoms with Crippen LogP contribution in [0.3, 0.4) is 0 Å². The van der Waals surface area contributed by atoms with Crippen molar-refractivity contribution in [1.82, 2.24) is 9.55 Å². The fraction of sp³-hybridized carbons (Fsp3) is 0.0476. The summed E-state index contributed by atoms with van der Waals surface area (Å²) in [6.07, 6.45) is 4.98. The summed E-state index contributed by atoms with van der Waals surface area (Å²) >= 11 is 11.9. The standard InChI is InChI=1S/C21H13Cl2FN4O3/c22-15-10-28(31)11-16(23)18(15)26-21(30)19(29)14-9-27(20-13(14)5-3-7-25-20)8-12-4-1-2-6-17(12)24/h1-7,9-11H,8H2,(H,26,30). The van der Waals surface area contributed by atoms with Gasteiger partial charge in [0, 0.05) is 23.3 Å². The highest BCUT2D eigenvalue weighted by atomic mass is 35.5. The number of amides is 1. The zero-order valence-electron chi connectivity index (χ0n) is 15.7. The molecule has 0 unspecified atom stereocenters. The Kier molecular flexibility index (Phi) is 5.58. The van der Waals surface area contributed by atoms with Gasteiger partial charge < -0.3 is 15.1 Å². The zero-order chi connectivity index (χ0) is 22.1. The van der Waals surface area contributed by atoms with Crippen LogP contribution in [-0.2, 0) is 11.3 Å². The van der Waals surface area contributed by atoms with Crippen LogP contribution in [0.5, 0.6) is 0 Å². The first-order chi connectivity index (χ1) is 14.8. The van der Waals surface area contributed by atoms with E-state index in [-0.39, 0.29) is 27.8 Å². The molecule has 0 bridgehead atoms. The first-order valence-electron chi connectivity index (χ1n) is 8.96. The topological polar surface area (TPSA) is 90.9 Å². The summed E-state index contributed by atoms with van der Waals surface area (Å²) in [6.45, 7) is 0.120. The molecule has 1 amide bonds. The van der Waals surface area contributed by atoms with Crippen LogP contribution in [0.25, 0.3) is 11.0 Å². The van der Waals surface area contributed by atoms with E-state index in [1.54, 1.807) is 34.9 Å². The summed E-state index contributed by atoms with van der Waals surface area (Å²) < 4.78 is 16.1. The zero-order valence-corrected chi connectivity index (χ0v) is 17.2. The summed E-state index contributed by atoms with van der Waals surface area (Å²) in [7, 11) is 0. The van der Waals surface area contributed by atoms with Crippen LogP contribution in [-0.4, -0.2) is 21.2 Å². The van der Waals surface area contributed by atoms with Crippen LogP contribution in [0, 0.1) is 11.0 Å². The highest BCUT2D eigenvalue weighted by Gasteiger charge is 2.24. The number of fused-ring (bicyclic) bond motifs is 1. The SMILES string of the molecule is O=C(Nc1c(Cl)c[n+]([O-])cc1Cl)C(=O)c1cn(Cc2ccccc2F)c2ncccc12. The van der Waals surface area contributed by atoms with Gasteiger partial charge in [0.25, 0.3) is 11.7 Å². The molecule has 4 rings (SSSR count). The number of nitrogens with zero attached hydrogens (tertiary/aromatic N) is 3. The summed E-state index contributed by atoms with van der Waals surface area (Å²) in [4.78, 5) is 29.8. The fourth-order valence-corrected chi connectivity index (χ4v) is 3.69. The number of rotatable bonds is 5. The molecular formula is C21H13Cl2FN4O3. The molecule has 0 aliphatic heterocycles. The van der Waals surface area contributed by atoms with E-state index in [4.69, 9.17) is 23.2 Å². The van der Waals surface area contributed by atoms with Crippen molar-refractivity contribution >= 4 is 51.6 Å². The van der Waals surface area contributed by atoms with E-state index in [9.17, 15) is 19.2 Å². The number of anilines is 1. The minimum atomic E-state index is -0.999. The summed E-state index contributed by atoms with van der Waals surface area (Å²) in [6, 6.07) is 9.52. The number of carbonyl (C=O) groups excluding carboxylic acids is 2. The molecule has 0 atom stereocenters. The maximum Gasteiger partial charge on any atom is 0.296 e. The first-order valence-corrected chi connectivity index (χ1v) is 9.71. The Morgan fingerprint density at radius 1 is 1.13 bits per heavy atom. The Morgan fingerprint density at radius 3 is 2.55 bits per heavy atom. The van der Waals surface area contributed by atoms with Crippen LogP contribution in [0.1, 0.15) is 15.9 Å². The number of nitrogens with one attached hydrogen (secondary N) is 1. The normalized spacial score (nSPS) is 10.9. The highest BCUT2D eigenvalue weighted by Crippen LogP contribution is 2.29. The third kappa shape index (κ3) is 4.08. The van der Waals surface area contributed by atoms with Crippen LogP contribution in [0.15, 0.2) is 61.2 Å². The number of aromatic nitrogens is 3. The fourth-order valence-electron chi connectivity index (χ4n) is 3.15. The molecule has 10 heteroatoms. The second-order valence-electron chi connectivity index (χ2n) is 6.61. The number of halogens is 3. The minimum absolute atomic E-state index is 0.0537. The summed E-state index contributed by atoms with van der Waals surface area (Å²) in [5, 5.41) is 13.9. The number of Topliss-reactive ketones (excluding diaryl/α,β-unsaturated/α-hetero) is 1. The van der Waals surface area contributed by atoms with Gasteiger partial charge in [0.2, 0.25) is 12.4 Å². The molecule has 4 aromatic rings. The lowest BCUT2D eigenvalue weighted by Gasteiger charge is -2.08. The molecule has 0 spiro atoms. The molecule has 0 fully saturated rings. The molecule has 0 saturated heterocycles. The third-order valence-corrected chi connectivity index (χ3v) is 5.15. The van der Waals surface area contributed by atoms with Gasteiger partial charge in [-0.2, -0.15) is 4.73 Å². The molecule has 3 heterocycles. The summed E-state index contributed by atoms with van der Waals surface area (Å²) in [5.41, 5.74) is 0.855. The van der Waals surface area contributed by atoms with Crippen molar-refractivity contribution in [2.24, 2.45) is 0 Å².